The SMILES string of the molecule is Cc1ccc(NC(=O)[C@H](C)OC(=O)c2ccc(Cl)nc2)cc1. The van der Waals surface area contributed by atoms with Crippen molar-refractivity contribution in [3.63, 3.8) is 0 Å². The number of nitrogens with one attached hydrogen (secondary N) is 1. The summed E-state index contributed by atoms with van der Waals surface area (Å²) in [5, 5.41) is 2.96. The maximum atomic E-state index is 12.0. The number of rotatable bonds is 4. The number of nitrogens with zero attached hydrogens (tertiary/aromatic N) is 1. The fraction of sp³-hybridized carbons (Fsp3) is 0.188. The van der Waals surface area contributed by atoms with Crippen molar-refractivity contribution >= 4 is 29.2 Å². The smallest absolute Gasteiger partial charge is 0.340 e. The van der Waals surface area contributed by atoms with Crippen molar-refractivity contribution in [2.45, 2.75) is 20.0 Å². The summed E-state index contributed by atoms with van der Waals surface area (Å²) in [6.07, 6.45) is 0.374. The fourth-order valence-corrected chi connectivity index (χ4v) is 1.77. The number of carbonyl (C=O) groups is 2. The molecule has 1 aromatic heterocycles. The van der Waals surface area contributed by atoms with Gasteiger partial charge in [0.1, 0.15) is 5.15 Å². The minimum Gasteiger partial charge on any atom is -0.449 e. The van der Waals surface area contributed by atoms with Crippen LogP contribution in [-0.2, 0) is 9.53 Å². The molecule has 114 valence electrons. The maximum Gasteiger partial charge on any atom is 0.340 e. The largest absolute Gasteiger partial charge is 0.449 e. The number of amides is 1. The first kappa shape index (κ1) is 16.0. The molecule has 6 heteroatoms. The van der Waals surface area contributed by atoms with Crippen LogP contribution >= 0.6 is 11.6 Å². The first-order chi connectivity index (χ1) is 10.5. The second-order valence-corrected chi connectivity index (χ2v) is 5.16. The van der Waals surface area contributed by atoms with Crippen LogP contribution in [0.1, 0.15) is 22.8 Å². The Balaban J connectivity index is 1.94. The molecule has 1 N–H and O–H groups in total. The molecule has 2 rings (SSSR count). The van der Waals surface area contributed by atoms with Gasteiger partial charge in [-0.3, -0.25) is 4.79 Å². The predicted molar refractivity (Wildman–Crippen MR) is 83.9 cm³/mol. The van der Waals surface area contributed by atoms with E-state index in [2.05, 4.69) is 10.3 Å². The Morgan fingerprint density at radius 1 is 1.18 bits per heavy atom. The highest BCUT2D eigenvalue weighted by Crippen LogP contribution is 2.11. The lowest BCUT2D eigenvalue weighted by atomic mass is 10.2. The third-order valence-corrected chi connectivity index (χ3v) is 3.16. The minimum absolute atomic E-state index is 0.236. The zero-order chi connectivity index (χ0) is 16.1. The maximum absolute atomic E-state index is 12.0. The van der Waals surface area contributed by atoms with Gasteiger partial charge in [0.25, 0.3) is 5.91 Å². The number of pyridine rings is 1. The Morgan fingerprint density at radius 2 is 1.86 bits per heavy atom. The van der Waals surface area contributed by atoms with Crippen LogP contribution in [0.25, 0.3) is 0 Å². The standard InChI is InChI=1S/C16H15ClN2O3/c1-10-3-6-13(7-4-10)19-15(20)11(2)22-16(21)12-5-8-14(17)18-9-12/h3-9,11H,1-2H3,(H,19,20)/t11-/m0/s1. The van der Waals surface area contributed by atoms with Crippen LogP contribution in [0.15, 0.2) is 42.6 Å². The molecule has 2 aromatic rings. The van der Waals surface area contributed by atoms with Gasteiger partial charge in [0, 0.05) is 11.9 Å². The Bertz CT molecular complexity index is 669. The van der Waals surface area contributed by atoms with Gasteiger partial charge in [-0.15, -0.1) is 0 Å². The molecule has 0 aliphatic heterocycles. The molecular formula is C16H15ClN2O3. The van der Waals surface area contributed by atoms with Gasteiger partial charge in [0.05, 0.1) is 5.56 Å². The highest BCUT2D eigenvalue weighted by molar-refractivity contribution is 6.29. The Labute approximate surface area is 133 Å². The van der Waals surface area contributed by atoms with Gasteiger partial charge in [-0.2, -0.15) is 0 Å². The summed E-state index contributed by atoms with van der Waals surface area (Å²) in [5.74, 6) is -1.03. The van der Waals surface area contributed by atoms with E-state index in [0.717, 1.165) is 5.56 Å². The van der Waals surface area contributed by atoms with E-state index in [0.29, 0.717) is 5.69 Å². The van der Waals surface area contributed by atoms with Crippen molar-refractivity contribution in [3.05, 3.63) is 58.9 Å². The number of halogens is 1. The minimum atomic E-state index is -0.926. The molecule has 0 spiro atoms. The molecule has 22 heavy (non-hydrogen) atoms. The summed E-state index contributed by atoms with van der Waals surface area (Å²) in [5.41, 5.74) is 1.97. The van der Waals surface area contributed by atoms with Crippen LogP contribution < -0.4 is 5.32 Å². The second-order valence-electron chi connectivity index (χ2n) is 4.77. The first-order valence-corrected chi connectivity index (χ1v) is 7.03. The van der Waals surface area contributed by atoms with Crippen molar-refractivity contribution in [3.8, 4) is 0 Å². The molecule has 1 aromatic carbocycles. The van der Waals surface area contributed by atoms with Gasteiger partial charge in [-0.1, -0.05) is 29.3 Å². The van der Waals surface area contributed by atoms with E-state index in [9.17, 15) is 9.59 Å². The number of carbonyl (C=O) groups excluding carboxylic acids is 2. The molecule has 0 fully saturated rings. The van der Waals surface area contributed by atoms with E-state index in [4.69, 9.17) is 16.3 Å². The van der Waals surface area contributed by atoms with E-state index >= 15 is 0 Å². The quantitative estimate of drug-likeness (QED) is 0.694. The van der Waals surface area contributed by atoms with Crippen LogP contribution in [-0.4, -0.2) is 23.0 Å². The van der Waals surface area contributed by atoms with Crippen molar-refractivity contribution in [2.75, 3.05) is 5.32 Å². The summed E-state index contributed by atoms with van der Waals surface area (Å²) >= 11 is 5.65. The third kappa shape index (κ3) is 4.30. The highest BCUT2D eigenvalue weighted by atomic mass is 35.5. The monoisotopic (exact) mass is 318 g/mol. The number of esters is 1. The normalized spacial score (nSPS) is 11.6. The van der Waals surface area contributed by atoms with E-state index in [-0.39, 0.29) is 10.7 Å². The summed E-state index contributed by atoms with van der Waals surface area (Å²) in [4.78, 5) is 27.7. The summed E-state index contributed by atoms with van der Waals surface area (Å²) in [6, 6.07) is 10.3. The van der Waals surface area contributed by atoms with E-state index in [1.807, 2.05) is 19.1 Å². The lowest BCUT2D eigenvalue weighted by Gasteiger charge is -2.13. The molecule has 0 bridgehead atoms. The molecule has 5 nitrogen and oxygen atoms in total. The number of aromatic nitrogens is 1. The second kappa shape index (κ2) is 7.04. The van der Waals surface area contributed by atoms with Gasteiger partial charge in [0.15, 0.2) is 6.10 Å². The molecule has 0 saturated carbocycles. The lowest BCUT2D eigenvalue weighted by molar-refractivity contribution is -0.123. The number of aryl methyl sites for hydroxylation is 1. The number of anilines is 1. The van der Waals surface area contributed by atoms with Crippen molar-refractivity contribution in [2.24, 2.45) is 0 Å². The predicted octanol–water partition coefficient (Wildman–Crippen LogP) is 3.23. The summed E-state index contributed by atoms with van der Waals surface area (Å²) < 4.78 is 5.10. The number of hydrogen-bond acceptors (Lipinski definition) is 4. The molecule has 0 unspecified atom stereocenters. The zero-order valence-corrected chi connectivity index (χ0v) is 12.9. The fourth-order valence-electron chi connectivity index (χ4n) is 1.66. The van der Waals surface area contributed by atoms with Gasteiger partial charge >= 0.3 is 5.97 Å². The van der Waals surface area contributed by atoms with Crippen LogP contribution in [0.4, 0.5) is 5.69 Å². The van der Waals surface area contributed by atoms with Crippen molar-refractivity contribution < 1.29 is 14.3 Å². The molecular weight excluding hydrogens is 304 g/mol. The molecule has 1 atom stereocenters. The van der Waals surface area contributed by atoms with Crippen LogP contribution in [0.2, 0.25) is 5.15 Å². The first-order valence-electron chi connectivity index (χ1n) is 6.66. The Kier molecular flexibility index (Phi) is 5.12. The van der Waals surface area contributed by atoms with Crippen LogP contribution in [0, 0.1) is 6.92 Å². The number of ether oxygens (including phenoxy) is 1. The summed E-state index contributed by atoms with van der Waals surface area (Å²) in [7, 11) is 0. The lowest BCUT2D eigenvalue weighted by Crippen LogP contribution is -2.30. The van der Waals surface area contributed by atoms with Crippen LogP contribution in [0.3, 0.4) is 0 Å². The average Bonchev–Trinajstić information content (AvgIpc) is 2.50. The number of hydrogen-bond donors (Lipinski definition) is 1. The van der Waals surface area contributed by atoms with Gasteiger partial charge in [-0.25, -0.2) is 9.78 Å². The number of benzene rings is 1. The highest BCUT2D eigenvalue weighted by Gasteiger charge is 2.19. The zero-order valence-electron chi connectivity index (χ0n) is 12.2. The van der Waals surface area contributed by atoms with Crippen molar-refractivity contribution in [1.82, 2.24) is 4.98 Å². The van der Waals surface area contributed by atoms with Gasteiger partial charge in [0.2, 0.25) is 0 Å². The summed E-state index contributed by atoms with van der Waals surface area (Å²) in [6.45, 7) is 3.46. The van der Waals surface area contributed by atoms with Crippen LogP contribution in [0.5, 0.6) is 0 Å². The van der Waals surface area contributed by atoms with E-state index in [1.54, 1.807) is 12.1 Å². The molecule has 0 saturated heterocycles. The molecule has 1 amide bonds. The Hall–Kier alpha value is -2.40. The van der Waals surface area contributed by atoms with Crippen molar-refractivity contribution in [1.29, 1.82) is 0 Å². The van der Waals surface area contributed by atoms with Gasteiger partial charge in [-0.05, 0) is 38.1 Å². The average molecular weight is 319 g/mol. The van der Waals surface area contributed by atoms with E-state index in [1.165, 1.54) is 25.3 Å². The van der Waals surface area contributed by atoms with Gasteiger partial charge < -0.3 is 10.1 Å². The van der Waals surface area contributed by atoms with E-state index < -0.39 is 18.0 Å². The third-order valence-electron chi connectivity index (χ3n) is 2.94. The molecule has 0 radical (unpaired) electrons. The molecule has 1 heterocycles. The molecule has 0 aliphatic carbocycles. The Morgan fingerprint density at radius 3 is 2.45 bits per heavy atom. The molecule has 0 aliphatic rings. The topological polar surface area (TPSA) is 68.3 Å².